The van der Waals surface area contributed by atoms with Crippen molar-refractivity contribution in [2.75, 3.05) is 14.2 Å². The molecule has 0 N–H and O–H groups in total. The van der Waals surface area contributed by atoms with E-state index in [1.54, 1.807) is 36.0 Å². The van der Waals surface area contributed by atoms with Gasteiger partial charge in [-0.05, 0) is 42.8 Å². The lowest BCUT2D eigenvalue weighted by Crippen LogP contribution is -2.26. The van der Waals surface area contributed by atoms with Gasteiger partial charge in [0.1, 0.15) is 5.52 Å². The molecule has 1 aromatic heterocycles. The van der Waals surface area contributed by atoms with Gasteiger partial charge in [-0.2, -0.15) is 0 Å². The summed E-state index contributed by atoms with van der Waals surface area (Å²) in [5, 5.41) is 8.13. The second kappa shape index (κ2) is 6.88. The topological polar surface area (TPSA) is 60.2 Å². The Morgan fingerprint density at radius 3 is 2.76 bits per heavy atom. The smallest absolute Gasteiger partial charge is 0.253 e. The van der Waals surface area contributed by atoms with Crippen LogP contribution in [0.15, 0.2) is 36.4 Å². The molecule has 3 aromatic rings. The molecule has 7 heteroatoms. The summed E-state index contributed by atoms with van der Waals surface area (Å²) >= 11 is 0. The molecular weight excluding hydrogens is 323 g/mol. The monoisotopic (exact) mass is 342 g/mol. The predicted molar refractivity (Wildman–Crippen MR) is 92.0 cm³/mol. The van der Waals surface area contributed by atoms with Gasteiger partial charge in [0.15, 0.2) is 11.6 Å². The van der Waals surface area contributed by atoms with Gasteiger partial charge < -0.3 is 9.64 Å². The zero-order chi connectivity index (χ0) is 18.0. The zero-order valence-electron chi connectivity index (χ0n) is 14.4. The number of hydrogen-bond acceptors (Lipinski definition) is 4. The number of benzene rings is 2. The molecule has 130 valence electrons. The number of aromatic nitrogens is 3. The summed E-state index contributed by atoms with van der Waals surface area (Å²) in [5.74, 6) is -0.426. The van der Waals surface area contributed by atoms with Crippen LogP contribution in [0.1, 0.15) is 22.8 Å². The van der Waals surface area contributed by atoms with Crippen molar-refractivity contribution in [3.8, 4) is 5.75 Å². The van der Waals surface area contributed by atoms with Gasteiger partial charge in [-0.25, -0.2) is 9.07 Å². The molecule has 0 aliphatic rings. The highest BCUT2D eigenvalue weighted by Gasteiger charge is 2.15. The fourth-order valence-corrected chi connectivity index (χ4v) is 2.71. The van der Waals surface area contributed by atoms with Crippen molar-refractivity contribution in [1.29, 1.82) is 0 Å². The highest BCUT2D eigenvalue weighted by Crippen LogP contribution is 2.20. The Morgan fingerprint density at radius 2 is 2.08 bits per heavy atom. The van der Waals surface area contributed by atoms with Gasteiger partial charge in [0.05, 0.1) is 12.6 Å². The minimum Gasteiger partial charge on any atom is -0.494 e. The Labute approximate surface area is 144 Å². The highest BCUT2D eigenvalue weighted by atomic mass is 19.1. The highest BCUT2D eigenvalue weighted by molar-refractivity contribution is 5.97. The molecule has 0 saturated heterocycles. The summed E-state index contributed by atoms with van der Waals surface area (Å²) in [7, 11) is 3.09. The van der Waals surface area contributed by atoms with Gasteiger partial charge in [-0.3, -0.25) is 4.79 Å². The van der Waals surface area contributed by atoms with Crippen molar-refractivity contribution in [2.24, 2.45) is 0 Å². The van der Waals surface area contributed by atoms with Gasteiger partial charge in [-0.1, -0.05) is 11.3 Å². The van der Waals surface area contributed by atoms with E-state index in [1.807, 2.05) is 13.0 Å². The Bertz CT molecular complexity index is 923. The third-order valence-corrected chi connectivity index (χ3v) is 4.04. The number of nitrogens with zero attached hydrogens (tertiary/aromatic N) is 4. The van der Waals surface area contributed by atoms with Crippen LogP contribution >= 0.6 is 0 Å². The Hall–Kier alpha value is -2.96. The Balaban J connectivity index is 1.79. The second-order valence-corrected chi connectivity index (χ2v) is 5.74. The van der Waals surface area contributed by atoms with E-state index in [1.165, 1.54) is 18.1 Å². The first-order valence-corrected chi connectivity index (χ1v) is 7.94. The molecule has 0 atom stereocenters. The number of methoxy groups -OCH3 is 1. The largest absolute Gasteiger partial charge is 0.494 e. The van der Waals surface area contributed by atoms with E-state index in [0.717, 1.165) is 5.52 Å². The lowest BCUT2D eigenvalue weighted by molar-refractivity contribution is 0.0785. The molecular formula is C18H19FN4O2. The van der Waals surface area contributed by atoms with Gasteiger partial charge in [-0.15, -0.1) is 5.10 Å². The lowest BCUT2D eigenvalue weighted by Gasteiger charge is -2.17. The molecule has 0 saturated carbocycles. The molecule has 1 amide bonds. The molecule has 0 radical (unpaired) electrons. The van der Waals surface area contributed by atoms with E-state index in [-0.39, 0.29) is 11.7 Å². The molecule has 0 spiro atoms. The molecule has 0 aliphatic heterocycles. The number of rotatable bonds is 5. The van der Waals surface area contributed by atoms with Crippen LogP contribution in [-0.2, 0) is 13.1 Å². The van der Waals surface area contributed by atoms with E-state index in [9.17, 15) is 9.18 Å². The summed E-state index contributed by atoms with van der Waals surface area (Å²) < 4.78 is 20.5. The van der Waals surface area contributed by atoms with Crippen molar-refractivity contribution in [3.63, 3.8) is 0 Å². The fourth-order valence-electron chi connectivity index (χ4n) is 2.71. The number of halogens is 1. The maximum atomic E-state index is 13.8. The third-order valence-electron chi connectivity index (χ3n) is 4.04. The van der Waals surface area contributed by atoms with Crippen molar-refractivity contribution < 1.29 is 13.9 Å². The van der Waals surface area contributed by atoms with E-state index < -0.39 is 5.82 Å². The molecule has 0 fully saturated rings. The van der Waals surface area contributed by atoms with Crippen LogP contribution in [0.3, 0.4) is 0 Å². The summed E-state index contributed by atoms with van der Waals surface area (Å²) in [5.41, 5.74) is 2.77. The molecule has 25 heavy (non-hydrogen) atoms. The minimum absolute atomic E-state index is 0.163. The molecule has 2 aromatic carbocycles. The Morgan fingerprint density at radius 1 is 1.28 bits per heavy atom. The first-order chi connectivity index (χ1) is 12.0. The van der Waals surface area contributed by atoms with Crippen molar-refractivity contribution in [2.45, 2.75) is 20.0 Å². The van der Waals surface area contributed by atoms with Crippen molar-refractivity contribution >= 4 is 16.9 Å². The van der Waals surface area contributed by atoms with Crippen LogP contribution in [0.4, 0.5) is 4.39 Å². The van der Waals surface area contributed by atoms with Crippen LogP contribution in [0.25, 0.3) is 11.0 Å². The summed E-state index contributed by atoms with van der Waals surface area (Å²) in [6.45, 7) is 2.99. The summed E-state index contributed by atoms with van der Waals surface area (Å²) in [4.78, 5) is 14.2. The molecule has 0 unspecified atom stereocenters. The van der Waals surface area contributed by atoms with Crippen LogP contribution in [-0.4, -0.2) is 40.0 Å². The zero-order valence-corrected chi connectivity index (χ0v) is 14.4. The van der Waals surface area contributed by atoms with Crippen LogP contribution in [0.5, 0.6) is 5.75 Å². The van der Waals surface area contributed by atoms with Crippen LogP contribution < -0.4 is 4.74 Å². The molecule has 0 aliphatic carbocycles. The Kier molecular flexibility index (Phi) is 4.65. The maximum absolute atomic E-state index is 13.8. The normalized spacial score (nSPS) is 10.9. The molecule has 1 heterocycles. The fraction of sp³-hybridized carbons (Fsp3) is 0.278. The first kappa shape index (κ1) is 16.9. The van der Waals surface area contributed by atoms with Gasteiger partial charge in [0.2, 0.25) is 0 Å². The SMILES string of the molecule is CCn1nnc2cc(C(=O)N(C)Cc3ccc(OC)c(F)c3)ccc21. The quantitative estimate of drug-likeness (QED) is 0.715. The average Bonchev–Trinajstić information content (AvgIpc) is 3.03. The average molecular weight is 342 g/mol. The first-order valence-electron chi connectivity index (χ1n) is 7.94. The number of aryl methyl sites for hydroxylation is 1. The molecule has 3 rings (SSSR count). The van der Waals surface area contributed by atoms with E-state index >= 15 is 0 Å². The van der Waals surface area contributed by atoms with Gasteiger partial charge >= 0.3 is 0 Å². The second-order valence-electron chi connectivity index (χ2n) is 5.74. The number of amides is 1. The maximum Gasteiger partial charge on any atom is 0.253 e. The molecule has 0 bridgehead atoms. The number of carbonyl (C=O) groups excluding carboxylic acids is 1. The summed E-state index contributed by atoms with van der Waals surface area (Å²) in [6, 6.07) is 9.98. The number of carbonyl (C=O) groups is 1. The van der Waals surface area contributed by atoms with Crippen molar-refractivity contribution in [3.05, 3.63) is 53.3 Å². The number of hydrogen-bond donors (Lipinski definition) is 0. The summed E-state index contributed by atoms with van der Waals surface area (Å²) in [6.07, 6.45) is 0. The number of fused-ring (bicyclic) bond motifs is 1. The number of ether oxygens (including phenoxy) is 1. The standard InChI is InChI=1S/C18H19FN4O2/c1-4-23-16-7-6-13(10-15(16)20-21-23)18(24)22(2)11-12-5-8-17(25-3)14(19)9-12/h5-10H,4,11H2,1-3H3. The van der Waals surface area contributed by atoms with Crippen LogP contribution in [0, 0.1) is 5.82 Å². The van der Waals surface area contributed by atoms with Crippen LogP contribution in [0.2, 0.25) is 0 Å². The van der Waals surface area contributed by atoms with Crippen molar-refractivity contribution in [1.82, 2.24) is 19.9 Å². The van der Waals surface area contributed by atoms with E-state index in [0.29, 0.717) is 29.7 Å². The molecule has 6 nitrogen and oxygen atoms in total. The minimum atomic E-state index is -0.446. The van der Waals surface area contributed by atoms with Gasteiger partial charge in [0, 0.05) is 25.7 Å². The van der Waals surface area contributed by atoms with E-state index in [4.69, 9.17) is 4.74 Å². The van der Waals surface area contributed by atoms with Gasteiger partial charge in [0.25, 0.3) is 5.91 Å². The predicted octanol–water partition coefficient (Wildman–Crippen LogP) is 2.87. The third kappa shape index (κ3) is 3.31. The van der Waals surface area contributed by atoms with E-state index in [2.05, 4.69) is 10.3 Å². The lowest BCUT2D eigenvalue weighted by atomic mass is 10.1.